The average molecular weight is 353 g/mol. The lowest BCUT2D eigenvalue weighted by Gasteiger charge is -2.36. The summed E-state index contributed by atoms with van der Waals surface area (Å²) in [6.45, 7) is 13.0. The van der Waals surface area contributed by atoms with Gasteiger partial charge < -0.3 is 9.64 Å². The number of hydrogen-bond acceptors (Lipinski definition) is 3. The smallest absolute Gasteiger partial charge is 0.0701 e. The molecule has 2 heterocycles. The third-order valence-corrected chi connectivity index (χ3v) is 5.55. The lowest BCUT2D eigenvalue weighted by Crippen LogP contribution is -2.42. The number of morpholine rings is 1. The standard InChI is InChI=1S/C23H32N2O/c1-3-20-5-7-21(8-6-20)9-10-22-11-13-25(14-12-22)23(4-2)19-24-15-17-26-18-16-24/h5-10,22H,2-3,11-19H2,1H3/b10-9+. The third-order valence-electron chi connectivity index (χ3n) is 5.55. The van der Waals surface area contributed by atoms with Crippen LogP contribution >= 0.6 is 0 Å². The van der Waals surface area contributed by atoms with Crippen molar-refractivity contribution in [2.45, 2.75) is 26.2 Å². The number of likely N-dealkylation sites (tertiary alicyclic amines) is 1. The van der Waals surface area contributed by atoms with Crippen molar-refractivity contribution in [3.63, 3.8) is 0 Å². The molecule has 2 saturated heterocycles. The van der Waals surface area contributed by atoms with E-state index in [0.717, 1.165) is 52.4 Å². The van der Waals surface area contributed by atoms with Gasteiger partial charge in [-0.2, -0.15) is 0 Å². The van der Waals surface area contributed by atoms with Gasteiger partial charge in [-0.3, -0.25) is 4.90 Å². The summed E-state index contributed by atoms with van der Waals surface area (Å²) in [6.07, 6.45) is 8.21. The summed E-state index contributed by atoms with van der Waals surface area (Å²) >= 11 is 0. The fraction of sp³-hybridized carbons (Fsp3) is 0.522. The van der Waals surface area contributed by atoms with Crippen molar-refractivity contribution in [3.8, 4) is 0 Å². The summed E-state index contributed by atoms with van der Waals surface area (Å²) in [6, 6.07) is 8.92. The quantitative estimate of drug-likeness (QED) is 0.721. The van der Waals surface area contributed by atoms with Gasteiger partial charge in [0.05, 0.1) is 18.9 Å². The molecule has 0 unspecified atom stereocenters. The Morgan fingerprint density at radius 3 is 2.46 bits per heavy atom. The van der Waals surface area contributed by atoms with Crippen LogP contribution in [0.25, 0.3) is 6.08 Å². The van der Waals surface area contributed by atoms with Gasteiger partial charge >= 0.3 is 0 Å². The van der Waals surface area contributed by atoms with Crippen LogP contribution in [0, 0.1) is 5.92 Å². The monoisotopic (exact) mass is 352 g/mol. The highest BCUT2D eigenvalue weighted by atomic mass is 16.5. The van der Waals surface area contributed by atoms with Crippen LogP contribution in [-0.4, -0.2) is 55.7 Å². The molecule has 3 rings (SSSR count). The average Bonchev–Trinajstić information content (AvgIpc) is 2.72. The molecule has 0 amide bonds. The number of allylic oxidation sites excluding steroid dienone is 1. The van der Waals surface area contributed by atoms with E-state index in [4.69, 9.17) is 4.74 Å². The van der Waals surface area contributed by atoms with E-state index in [1.54, 1.807) is 0 Å². The predicted octanol–water partition coefficient (Wildman–Crippen LogP) is 3.98. The normalized spacial score (nSPS) is 19.7. The van der Waals surface area contributed by atoms with E-state index < -0.39 is 0 Å². The largest absolute Gasteiger partial charge is 0.379 e. The van der Waals surface area contributed by atoms with Crippen molar-refractivity contribution in [2.75, 3.05) is 45.9 Å². The first-order chi connectivity index (χ1) is 12.8. The molecule has 0 radical (unpaired) electrons. The van der Waals surface area contributed by atoms with Crippen LogP contribution in [0.15, 0.2) is 48.3 Å². The Hall–Kier alpha value is -1.80. The zero-order chi connectivity index (χ0) is 18.2. The maximum Gasteiger partial charge on any atom is 0.0701 e. The molecule has 0 aliphatic carbocycles. The number of benzene rings is 1. The molecule has 26 heavy (non-hydrogen) atoms. The zero-order valence-electron chi connectivity index (χ0n) is 16.1. The van der Waals surface area contributed by atoms with Gasteiger partial charge in [0.25, 0.3) is 0 Å². The van der Waals surface area contributed by atoms with Crippen molar-refractivity contribution in [1.82, 2.24) is 9.80 Å². The number of ether oxygens (including phenoxy) is 1. The molecule has 2 fully saturated rings. The van der Waals surface area contributed by atoms with Gasteiger partial charge in [0.2, 0.25) is 0 Å². The molecular weight excluding hydrogens is 320 g/mol. The fourth-order valence-electron chi connectivity index (χ4n) is 3.71. The van der Waals surface area contributed by atoms with Crippen LogP contribution in [0.2, 0.25) is 0 Å². The lowest BCUT2D eigenvalue weighted by atomic mass is 9.95. The highest BCUT2D eigenvalue weighted by Gasteiger charge is 2.21. The first-order valence-electron chi connectivity index (χ1n) is 9.99. The highest BCUT2D eigenvalue weighted by molar-refractivity contribution is 5.50. The maximum atomic E-state index is 5.44. The summed E-state index contributed by atoms with van der Waals surface area (Å²) in [5.41, 5.74) is 7.16. The SMILES string of the molecule is C=C=C(CN1CCOCC1)N1CCC(/C=C/c2ccc(CC)cc2)CC1. The Kier molecular flexibility index (Phi) is 7.13. The predicted molar refractivity (Wildman–Crippen MR) is 109 cm³/mol. The van der Waals surface area contributed by atoms with Crippen molar-refractivity contribution in [3.05, 3.63) is 59.5 Å². The van der Waals surface area contributed by atoms with Crippen LogP contribution in [0.1, 0.15) is 30.9 Å². The Morgan fingerprint density at radius 2 is 1.85 bits per heavy atom. The molecule has 0 aromatic heterocycles. The Morgan fingerprint density at radius 1 is 1.15 bits per heavy atom. The summed E-state index contributed by atoms with van der Waals surface area (Å²) in [5.74, 6) is 0.673. The number of nitrogens with zero attached hydrogens (tertiary/aromatic N) is 2. The molecule has 140 valence electrons. The molecule has 2 aliphatic rings. The van der Waals surface area contributed by atoms with Crippen molar-refractivity contribution >= 4 is 6.08 Å². The second kappa shape index (κ2) is 9.78. The summed E-state index contributed by atoms with van der Waals surface area (Å²) in [4.78, 5) is 4.92. The van der Waals surface area contributed by atoms with Crippen LogP contribution < -0.4 is 0 Å². The minimum atomic E-state index is 0.673. The van der Waals surface area contributed by atoms with Crippen LogP contribution in [0.5, 0.6) is 0 Å². The topological polar surface area (TPSA) is 15.7 Å². The number of rotatable bonds is 6. The van der Waals surface area contributed by atoms with Gasteiger partial charge in [0.15, 0.2) is 0 Å². The minimum Gasteiger partial charge on any atom is -0.379 e. The number of hydrogen-bond donors (Lipinski definition) is 0. The van der Waals surface area contributed by atoms with E-state index >= 15 is 0 Å². The molecule has 0 saturated carbocycles. The van der Waals surface area contributed by atoms with Crippen LogP contribution in [0.3, 0.4) is 0 Å². The van der Waals surface area contributed by atoms with Crippen LogP contribution in [0.4, 0.5) is 0 Å². The molecule has 0 atom stereocenters. The van der Waals surface area contributed by atoms with E-state index in [-0.39, 0.29) is 0 Å². The highest BCUT2D eigenvalue weighted by Crippen LogP contribution is 2.23. The van der Waals surface area contributed by atoms with Crippen molar-refractivity contribution < 1.29 is 4.74 Å². The lowest BCUT2D eigenvalue weighted by molar-refractivity contribution is 0.0384. The summed E-state index contributed by atoms with van der Waals surface area (Å²) in [7, 11) is 0. The minimum absolute atomic E-state index is 0.673. The van der Waals surface area contributed by atoms with E-state index in [0.29, 0.717) is 5.92 Å². The van der Waals surface area contributed by atoms with E-state index in [1.807, 2.05) is 0 Å². The van der Waals surface area contributed by atoms with Gasteiger partial charge in [-0.1, -0.05) is 49.9 Å². The van der Waals surface area contributed by atoms with Gasteiger partial charge in [-0.25, -0.2) is 0 Å². The van der Waals surface area contributed by atoms with E-state index in [9.17, 15) is 0 Å². The summed E-state index contributed by atoms with van der Waals surface area (Å²) < 4.78 is 5.44. The van der Waals surface area contributed by atoms with Gasteiger partial charge in [-0.05, 0) is 36.3 Å². The second-order valence-corrected chi connectivity index (χ2v) is 7.29. The first-order valence-corrected chi connectivity index (χ1v) is 9.99. The van der Waals surface area contributed by atoms with Gasteiger partial charge in [-0.15, -0.1) is 5.73 Å². The first kappa shape index (κ1) is 19.0. The third kappa shape index (κ3) is 5.35. The molecule has 0 bridgehead atoms. The molecule has 0 spiro atoms. The molecule has 2 aliphatic heterocycles. The van der Waals surface area contributed by atoms with Gasteiger partial charge in [0, 0.05) is 32.7 Å². The maximum absolute atomic E-state index is 5.44. The summed E-state index contributed by atoms with van der Waals surface area (Å²) in [5, 5.41) is 0. The number of aryl methyl sites for hydroxylation is 1. The number of piperidine rings is 1. The molecule has 3 heteroatoms. The van der Waals surface area contributed by atoms with Crippen LogP contribution in [-0.2, 0) is 11.2 Å². The van der Waals surface area contributed by atoms with Crippen molar-refractivity contribution in [1.29, 1.82) is 0 Å². The Labute approximate surface area is 158 Å². The fourth-order valence-corrected chi connectivity index (χ4v) is 3.71. The zero-order valence-corrected chi connectivity index (χ0v) is 16.1. The molecule has 0 N–H and O–H groups in total. The molecule has 1 aromatic carbocycles. The molecular formula is C23H32N2O. The Balaban J connectivity index is 1.48. The van der Waals surface area contributed by atoms with E-state index in [2.05, 4.69) is 65.5 Å². The Bertz CT molecular complexity index is 629. The van der Waals surface area contributed by atoms with Crippen molar-refractivity contribution in [2.24, 2.45) is 5.92 Å². The van der Waals surface area contributed by atoms with Gasteiger partial charge in [0.1, 0.15) is 0 Å². The van der Waals surface area contributed by atoms with E-state index in [1.165, 1.54) is 29.7 Å². The molecule has 3 nitrogen and oxygen atoms in total. The second-order valence-electron chi connectivity index (χ2n) is 7.29. The molecule has 1 aromatic rings.